The van der Waals surface area contributed by atoms with Gasteiger partial charge in [-0.15, -0.1) is 0 Å². The Morgan fingerprint density at radius 3 is 2.25 bits per heavy atom. The number of aliphatic carboxylic acids is 1. The summed E-state index contributed by atoms with van der Waals surface area (Å²) in [5.41, 5.74) is 1.35. The van der Waals surface area contributed by atoms with Crippen LogP contribution in [0.25, 0.3) is 0 Å². The Morgan fingerprint density at radius 1 is 1.35 bits per heavy atom. The molecule has 0 spiro atoms. The highest BCUT2D eigenvalue weighted by atomic mass is 16.5. The highest BCUT2D eigenvalue weighted by molar-refractivity contribution is 5.84. The summed E-state index contributed by atoms with van der Waals surface area (Å²) in [6.45, 7) is 10.4. The number of carbonyl (C=O) groups excluding carboxylic acids is 1. The van der Waals surface area contributed by atoms with E-state index in [0.29, 0.717) is 6.61 Å². The van der Waals surface area contributed by atoms with E-state index >= 15 is 0 Å². The van der Waals surface area contributed by atoms with Crippen molar-refractivity contribution in [3.63, 3.8) is 0 Å². The maximum atomic E-state index is 10.8. The Hall–Kier alpha value is -2.36. The molecule has 0 bridgehead atoms. The molecule has 1 N–H and O–H groups in total. The van der Waals surface area contributed by atoms with E-state index in [1.54, 1.807) is 0 Å². The molecule has 0 radical (unpaired) electrons. The molecule has 1 rings (SSSR count). The fraction of sp³-hybridized carbons (Fsp3) is 0.250. The Kier molecular flexibility index (Phi) is 8.43. The number of benzene rings is 1. The smallest absolute Gasteiger partial charge is 0.330 e. The highest BCUT2D eigenvalue weighted by Crippen LogP contribution is 2.14. The minimum atomic E-state index is -0.935. The lowest BCUT2D eigenvalue weighted by Crippen LogP contribution is -2.08. The lowest BCUT2D eigenvalue weighted by atomic mass is 10.0. The predicted octanol–water partition coefficient (Wildman–Crippen LogP) is 3.17. The quantitative estimate of drug-likeness (QED) is 0.662. The van der Waals surface area contributed by atoms with Crippen molar-refractivity contribution >= 4 is 11.9 Å². The number of carboxylic acid groups (broad SMARTS) is 1. The van der Waals surface area contributed by atoms with E-state index in [-0.39, 0.29) is 17.5 Å². The van der Waals surface area contributed by atoms with Gasteiger partial charge in [-0.1, -0.05) is 50.4 Å². The summed E-state index contributed by atoms with van der Waals surface area (Å²) >= 11 is 0. The first-order valence-electron chi connectivity index (χ1n) is 6.11. The number of rotatable bonds is 5. The van der Waals surface area contributed by atoms with Gasteiger partial charge in [0, 0.05) is 17.6 Å². The molecule has 4 nitrogen and oxygen atoms in total. The molecule has 1 unspecified atom stereocenters. The van der Waals surface area contributed by atoms with Crippen molar-refractivity contribution in [2.45, 2.75) is 19.8 Å². The van der Waals surface area contributed by atoms with Crippen molar-refractivity contribution in [3.8, 4) is 0 Å². The van der Waals surface area contributed by atoms with Gasteiger partial charge in [-0.2, -0.15) is 0 Å². The van der Waals surface area contributed by atoms with E-state index in [4.69, 9.17) is 9.84 Å². The van der Waals surface area contributed by atoms with Crippen LogP contribution in [0.1, 0.15) is 25.3 Å². The second-order valence-electron chi connectivity index (χ2n) is 4.23. The third-order valence-corrected chi connectivity index (χ3v) is 2.38. The van der Waals surface area contributed by atoms with Gasteiger partial charge in [0.15, 0.2) is 0 Å². The van der Waals surface area contributed by atoms with Crippen LogP contribution in [0.5, 0.6) is 0 Å². The molecule has 0 aliphatic rings. The first-order valence-corrected chi connectivity index (χ1v) is 6.11. The van der Waals surface area contributed by atoms with Crippen molar-refractivity contribution < 1.29 is 19.4 Å². The summed E-state index contributed by atoms with van der Waals surface area (Å²) < 4.78 is 4.95. The molecule has 0 aliphatic heterocycles. The summed E-state index contributed by atoms with van der Waals surface area (Å²) in [7, 11) is 0. The average Bonchev–Trinajstić information content (AvgIpc) is 2.45. The number of hydrogen-bond acceptors (Lipinski definition) is 3. The maximum absolute atomic E-state index is 10.8. The minimum Gasteiger partial charge on any atom is -0.478 e. The number of hydrogen-bond donors (Lipinski definition) is 1. The molecule has 0 heterocycles. The largest absolute Gasteiger partial charge is 0.478 e. The van der Waals surface area contributed by atoms with Crippen molar-refractivity contribution in [2.24, 2.45) is 0 Å². The fourth-order valence-corrected chi connectivity index (χ4v) is 1.14. The van der Waals surface area contributed by atoms with Crippen molar-refractivity contribution in [1.82, 2.24) is 0 Å². The third kappa shape index (κ3) is 7.87. The Bertz CT molecular complexity index is 451. The van der Waals surface area contributed by atoms with Gasteiger partial charge in [-0.3, -0.25) is 0 Å². The summed E-state index contributed by atoms with van der Waals surface area (Å²) in [6, 6.07) is 9.95. The first kappa shape index (κ1) is 17.6. The Labute approximate surface area is 119 Å². The van der Waals surface area contributed by atoms with Crippen LogP contribution in [0.2, 0.25) is 0 Å². The number of carboxylic acids is 1. The van der Waals surface area contributed by atoms with Gasteiger partial charge in [0.05, 0.1) is 6.61 Å². The standard InChI is InChI=1S/C12H14O2.C4H6O2/c1-3-12(13)14-9-10(2)11-7-5-4-6-8-11;1-3(2)4(5)6/h3-8,10H,1,9H2,2H3;1H2,2H3,(H,5,6). The molecule has 108 valence electrons. The molecule has 1 atom stereocenters. The average molecular weight is 276 g/mol. The van der Waals surface area contributed by atoms with Gasteiger partial charge in [-0.05, 0) is 12.5 Å². The zero-order valence-electron chi connectivity index (χ0n) is 11.8. The molecule has 1 aromatic carbocycles. The number of carbonyl (C=O) groups is 2. The molecular weight excluding hydrogens is 256 g/mol. The number of esters is 1. The van der Waals surface area contributed by atoms with Crippen molar-refractivity contribution in [1.29, 1.82) is 0 Å². The van der Waals surface area contributed by atoms with Crippen LogP contribution in [0.15, 0.2) is 55.1 Å². The molecule has 0 aliphatic carbocycles. The van der Waals surface area contributed by atoms with E-state index < -0.39 is 5.97 Å². The minimum absolute atomic E-state index is 0.176. The molecule has 4 heteroatoms. The van der Waals surface area contributed by atoms with Crippen LogP contribution >= 0.6 is 0 Å². The van der Waals surface area contributed by atoms with Crippen LogP contribution in [0.4, 0.5) is 0 Å². The van der Waals surface area contributed by atoms with Crippen LogP contribution in [-0.4, -0.2) is 23.7 Å². The predicted molar refractivity (Wildman–Crippen MR) is 78.5 cm³/mol. The SMILES string of the molecule is C=C(C)C(=O)O.C=CC(=O)OCC(C)c1ccccc1. The van der Waals surface area contributed by atoms with E-state index in [2.05, 4.69) is 13.2 Å². The van der Waals surface area contributed by atoms with Gasteiger partial charge >= 0.3 is 11.9 Å². The summed E-state index contributed by atoms with van der Waals surface area (Å²) in [5.74, 6) is -1.08. The molecular formula is C16H20O4. The molecule has 0 amide bonds. The Morgan fingerprint density at radius 2 is 1.85 bits per heavy atom. The van der Waals surface area contributed by atoms with Crippen LogP contribution < -0.4 is 0 Å². The van der Waals surface area contributed by atoms with E-state index in [0.717, 1.165) is 0 Å². The van der Waals surface area contributed by atoms with E-state index in [1.807, 2.05) is 37.3 Å². The third-order valence-electron chi connectivity index (χ3n) is 2.38. The molecule has 1 aromatic rings. The lowest BCUT2D eigenvalue weighted by Gasteiger charge is -2.10. The zero-order valence-corrected chi connectivity index (χ0v) is 11.8. The second kappa shape index (κ2) is 9.55. The highest BCUT2D eigenvalue weighted by Gasteiger charge is 2.06. The molecule has 0 fully saturated rings. The first-order chi connectivity index (χ1) is 9.38. The van der Waals surface area contributed by atoms with Crippen LogP contribution in [0, 0.1) is 0 Å². The van der Waals surface area contributed by atoms with Gasteiger partial charge in [0.1, 0.15) is 0 Å². The fourth-order valence-electron chi connectivity index (χ4n) is 1.14. The van der Waals surface area contributed by atoms with E-state index in [9.17, 15) is 9.59 Å². The van der Waals surface area contributed by atoms with Gasteiger partial charge in [0.2, 0.25) is 0 Å². The molecule has 0 saturated carbocycles. The van der Waals surface area contributed by atoms with Crippen LogP contribution in [0.3, 0.4) is 0 Å². The van der Waals surface area contributed by atoms with Gasteiger partial charge in [0.25, 0.3) is 0 Å². The monoisotopic (exact) mass is 276 g/mol. The second-order valence-corrected chi connectivity index (χ2v) is 4.23. The summed E-state index contributed by atoms with van der Waals surface area (Å²) in [4.78, 5) is 20.4. The molecule has 0 aromatic heterocycles. The molecule has 20 heavy (non-hydrogen) atoms. The van der Waals surface area contributed by atoms with Gasteiger partial charge < -0.3 is 9.84 Å². The topological polar surface area (TPSA) is 63.6 Å². The van der Waals surface area contributed by atoms with E-state index in [1.165, 1.54) is 18.6 Å². The normalized spacial score (nSPS) is 10.5. The van der Waals surface area contributed by atoms with Gasteiger partial charge in [-0.25, -0.2) is 9.59 Å². The zero-order chi connectivity index (χ0) is 15.5. The van der Waals surface area contributed by atoms with Crippen LogP contribution in [-0.2, 0) is 14.3 Å². The summed E-state index contributed by atoms with van der Waals surface area (Å²) in [6.07, 6.45) is 1.18. The maximum Gasteiger partial charge on any atom is 0.330 e. The van der Waals surface area contributed by atoms with Crippen molar-refractivity contribution in [3.05, 3.63) is 60.7 Å². The Balaban J connectivity index is 0.000000511. The number of ether oxygens (including phenoxy) is 1. The molecule has 0 saturated heterocycles. The summed E-state index contributed by atoms with van der Waals surface area (Å²) in [5, 5.41) is 7.89. The van der Waals surface area contributed by atoms with Crippen molar-refractivity contribution in [2.75, 3.05) is 6.61 Å². The lowest BCUT2D eigenvalue weighted by molar-refractivity contribution is -0.138.